The first-order valence-corrected chi connectivity index (χ1v) is 7.67. The zero-order valence-electron chi connectivity index (χ0n) is 12.7. The topological polar surface area (TPSA) is 24.5 Å². The molecule has 0 aromatic rings. The maximum absolute atomic E-state index is 6.07. The highest BCUT2D eigenvalue weighted by Gasteiger charge is 2.21. The minimum atomic E-state index is 0.364. The molecule has 108 valence electrons. The SMILES string of the molecule is CCCNCC(OCCC1CCCN1C)C(C)C. The molecule has 2 unspecified atom stereocenters. The Morgan fingerprint density at radius 3 is 2.72 bits per heavy atom. The third-order valence-corrected chi connectivity index (χ3v) is 3.97. The summed E-state index contributed by atoms with van der Waals surface area (Å²) >= 11 is 0. The van der Waals surface area contributed by atoms with Crippen LogP contribution in [0.2, 0.25) is 0 Å². The van der Waals surface area contributed by atoms with Gasteiger partial charge in [-0.3, -0.25) is 0 Å². The Bertz CT molecular complexity index is 209. The molecule has 0 aromatic carbocycles. The van der Waals surface area contributed by atoms with E-state index in [1.807, 2.05) is 0 Å². The zero-order chi connectivity index (χ0) is 13.4. The van der Waals surface area contributed by atoms with Gasteiger partial charge in [0.15, 0.2) is 0 Å². The van der Waals surface area contributed by atoms with Crippen molar-refractivity contribution in [1.29, 1.82) is 0 Å². The van der Waals surface area contributed by atoms with Crippen molar-refractivity contribution in [2.24, 2.45) is 5.92 Å². The maximum atomic E-state index is 6.07. The second kappa shape index (κ2) is 8.89. The van der Waals surface area contributed by atoms with Gasteiger partial charge in [-0.2, -0.15) is 0 Å². The largest absolute Gasteiger partial charge is 0.377 e. The van der Waals surface area contributed by atoms with E-state index in [4.69, 9.17) is 4.74 Å². The number of hydrogen-bond donors (Lipinski definition) is 1. The van der Waals surface area contributed by atoms with Crippen LogP contribution >= 0.6 is 0 Å². The second-order valence-corrected chi connectivity index (χ2v) is 5.92. The van der Waals surface area contributed by atoms with Crippen molar-refractivity contribution < 1.29 is 4.74 Å². The minimum absolute atomic E-state index is 0.364. The number of ether oxygens (including phenoxy) is 1. The smallest absolute Gasteiger partial charge is 0.0722 e. The van der Waals surface area contributed by atoms with Crippen LogP contribution < -0.4 is 5.32 Å². The van der Waals surface area contributed by atoms with Gasteiger partial charge in [0.2, 0.25) is 0 Å². The first-order chi connectivity index (χ1) is 8.65. The molecule has 18 heavy (non-hydrogen) atoms. The van der Waals surface area contributed by atoms with E-state index in [2.05, 4.69) is 38.0 Å². The van der Waals surface area contributed by atoms with Gasteiger partial charge in [-0.1, -0.05) is 20.8 Å². The van der Waals surface area contributed by atoms with Gasteiger partial charge in [-0.25, -0.2) is 0 Å². The van der Waals surface area contributed by atoms with Crippen molar-refractivity contribution in [3.8, 4) is 0 Å². The number of nitrogens with one attached hydrogen (secondary N) is 1. The summed E-state index contributed by atoms with van der Waals surface area (Å²) < 4.78 is 6.07. The molecule has 1 aliphatic heterocycles. The van der Waals surface area contributed by atoms with E-state index in [-0.39, 0.29) is 0 Å². The van der Waals surface area contributed by atoms with E-state index >= 15 is 0 Å². The van der Waals surface area contributed by atoms with Gasteiger partial charge in [-0.05, 0) is 51.7 Å². The molecule has 0 radical (unpaired) electrons. The van der Waals surface area contributed by atoms with Gasteiger partial charge in [0, 0.05) is 19.2 Å². The number of hydrogen-bond acceptors (Lipinski definition) is 3. The van der Waals surface area contributed by atoms with Crippen LogP contribution in [-0.2, 0) is 4.74 Å². The maximum Gasteiger partial charge on any atom is 0.0722 e. The summed E-state index contributed by atoms with van der Waals surface area (Å²) in [4.78, 5) is 2.48. The van der Waals surface area contributed by atoms with Crippen molar-refractivity contribution in [2.45, 2.75) is 58.6 Å². The van der Waals surface area contributed by atoms with E-state index < -0.39 is 0 Å². The Balaban J connectivity index is 2.16. The summed E-state index contributed by atoms with van der Waals surface area (Å²) in [5, 5.41) is 3.47. The highest BCUT2D eigenvalue weighted by molar-refractivity contribution is 4.76. The van der Waals surface area contributed by atoms with Crippen LogP contribution in [0.25, 0.3) is 0 Å². The predicted octanol–water partition coefficient (Wildman–Crippen LogP) is 2.51. The summed E-state index contributed by atoms with van der Waals surface area (Å²) in [7, 11) is 2.24. The average Bonchev–Trinajstić information content (AvgIpc) is 2.73. The standard InChI is InChI=1S/C15H32N2O/c1-5-9-16-12-15(13(2)3)18-11-8-14-7-6-10-17(14)4/h13-16H,5-12H2,1-4H3. The van der Waals surface area contributed by atoms with E-state index in [0.29, 0.717) is 12.0 Å². The molecule has 2 atom stereocenters. The molecule has 1 rings (SSSR count). The molecule has 0 spiro atoms. The third kappa shape index (κ3) is 5.68. The van der Waals surface area contributed by atoms with Crippen LogP contribution in [0.5, 0.6) is 0 Å². The molecule has 0 saturated carbocycles. The fourth-order valence-corrected chi connectivity index (χ4v) is 2.61. The number of likely N-dealkylation sites (tertiary alicyclic amines) is 1. The van der Waals surface area contributed by atoms with Crippen molar-refractivity contribution in [3.05, 3.63) is 0 Å². The average molecular weight is 256 g/mol. The van der Waals surface area contributed by atoms with Gasteiger partial charge < -0.3 is 15.0 Å². The molecule has 1 heterocycles. The molecule has 1 aliphatic rings. The van der Waals surface area contributed by atoms with Crippen molar-refractivity contribution in [3.63, 3.8) is 0 Å². The lowest BCUT2D eigenvalue weighted by molar-refractivity contribution is 0.0146. The quantitative estimate of drug-likeness (QED) is 0.642. The van der Waals surface area contributed by atoms with Crippen LogP contribution in [-0.4, -0.2) is 50.3 Å². The molecular formula is C15H32N2O. The van der Waals surface area contributed by atoms with Crippen molar-refractivity contribution >= 4 is 0 Å². The lowest BCUT2D eigenvalue weighted by Crippen LogP contribution is -2.35. The first-order valence-electron chi connectivity index (χ1n) is 7.67. The van der Waals surface area contributed by atoms with E-state index in [1.165, 1.54) is 32.2 Å². The van der Waals surface area contributed by atoms with Gasteiger partial charge >= 0.3 is 0 Å². The molecule has 0 bridgehead atoms. The Kier molecular flexibility index (Phi) is 7.87. The number of rotatable bonds is 9. The lowest BCUT2D eigenvalue weighted by Gasteiger charge is -2.24. The summed E-state index contributed by atoms with van der Waals surface area (Å²) in [5.74, 6) is 0.593. The molecule has 1 saturated heterocycles. The van der Waals surface area contributed by atoms with Gasteiger partial charge in [0.05, 0.1) is 6.10 Å². The van der Waals surface area contributed by atoms with E-state index in [1.54, 1.807) is 0 Å². The molecule has 1 fully saturated rings. The fraction of sp³-hybridized carbons (Fsp3) is 1.00. The monoisotopic (exact) mass is 256 g/mol. The Morgan fingerprint density at radius 1 is 1.39 bits per heavy atom. The third-order valence-electron chi connectivity index (χ3n) is 3.97. The van der Waals surface area contributed by atoms with Crippen LogP contribution in [0, 0.1) is 5.92 Å². The molecule has 1 N–H and O–H groups in total. The van der Waals surface area contributed by atoms with Crippen LogP contribution in [0.15, 0.2) is 0 Å². The van der Waals surface area contributed by atoms with Crippen molar-refractivity contribution in [1.82, 2.24) is 10.2 Å². The minimum Gasteiger partial charge on any atom is -0.377 e. The van der Waals surface area contributed by atoms with E-state index in [0.717, 1.165) is 25.7 Å². The Labute approximate surface area is 113 Å². The molecule has 3 heteroatoms. The predicted molar refractivity (Wildman–Crippen MR) is 78.0 cm³/mol. The molecule has 3 nitrogen and oxygen atoms in total. The number of nitrogens with zero attached hydrogens (tertiary/aromatic N) is 1. The van der Waals surface area contributed by atoms with Gasteiger partial charge in [0.1, 0.15) is 0 Å². The van der Waals surface area contributed by atoms with Crippen molar-refractivity contribution in [2.75, 3.05) is 33.3 Å². The Hall–Kier alpha value is -0.120. The fourth-order valence-electron chi connectivity index (χ4n) is 2.61. The van der Waals surface area contributed by atoms with Crippen LogP contribution in [0.1, 0.15) is 46.5 Å². The normalized spacial score (nSPS) is 22.8. The second-order valence-electron chi connectivity index (χ2n) is 5.92. The summed E-state index contributed by atoms with van der Waals surface area (Å²) in [6.45, 7) is 11.0. The Morgan fingerprint density at radius 2 is 2.17 bits per heavy atom. The summed E-state index contributed by atoms with van der Waals surface area (Å²) in [6.07, 6.45) is 5.45. The first kappa shape index (κ1) is 15.9. The van der Waals surface area contributed by atoms with E-state index in [9.17, 15) is 0 Å². The lowest BCUT2D eigenvalue weighted by atomic mass is 10.1. The van der Waals surface area contributed by atoms with Gasteiger partial charge in [0.25, 0.3) is 0 Å². The highest BCUT2D eigenvalue weighted by atomic mass is 16.5. The summed E-state index contributed by atoms with van der Waals surface area (Å²) in [5.41, 5.74) is 0. The van der Waals surface area contributed by atoms with Crippen LogP contribution in [0.3, 0.4) is 0 Å². The highest BCUT2D eigenvalue weighted by Crippen LogP contribution is 2.18. The zero-order valence-corrected chi connectivity index (χ0v) is 12.7. The molecule has 0 aromatic heterocycles. The summed E-state index contributed by atoms with van der Waals surface area (Å²) in [6, 6.07) is 0.751. The molecule has 0 amide bonds. The molecular weight excluding hydrogens is 224 g/mol. The van der Waals surface area contributed by atoms with Crippen LogP contribution in [0.4, 0.5) is 0 Å². The van der Waals surface area contributed by atoms with Gasteiger partial charge in [-0.15, -0.1) is 0 Å². The molecule has 0 aliphatic carbocycles.